The highest BCUT2D eigenvalue weighted by molar-refractivity contribution is 5.40. The standard InChI is InChI=1S/C15H24N2O2/c1-10-4-3-5-12(9-16)17(10)11(2)14-7-6-13(18)8-15(14)19/h6-8,10-12,18-19H,3-5,9,16H2,1-2H3. The highest BCUT2D eigenvalue weighted by Gasteiger charge is 2.32. The molecule has 1 aromatic rings. The molecule has 19 heavy (non-hydrogen) atoms. The van der Waals surface area contributed by atoms with Crippen LogP contribution in [-0.2, 0) is 0 Å². The van der Waals surface area contributed by atoms with E-state index in [0.29, 0.717) is 18.6 Å². The molecule has 0 amide bonds. The van der Waals surface area contributed by atoms with Crippen LogP contribution in [0.25, 0.3) is 0 Å². The van der Waals surface area contributed by atoms with Crippen molar-refractivity contribution < 1.29 is 10.2 Å². The number of benzene rings is 1. The fourth-order valence-corrected chi connectivity index (χ4v) is 3.29. The topological polar surface area (TPSA) is 69.7 Å². The van der Waals surface area contributed by atoms with Crippen molar-refractivity contribution in [3.05, 3.63) is 23.8 Å². The van der Waals surface area contributed by atoms with E-state index in [9.17, 15) is 10.2 Å². The summed E-state index contributed by atoms with van der Waals surface area (Å²) in [5.41, 5.74) is 6.74. The zero-order chi connectivity index (χ0) is 14.0. The quantitative estimate of drug-likeness (QED) is 0.784. The van der Waals surface area contributed by atoms with Crippen LogP contribution in [0, 0.1) is 0 Å². The van der Waals surface area contributed by atoms with Crippen LogP contribution in [-0.4, -0.2) is 33.7 Å². The minimum Gasteiger partial charge on any atom is -0.508 e. The van der Waals surface area contributed by atoms with Crippen molar-refractivity contribution >= 4 is 0 Å². The van der Waals surface area contributed by atoms with E-state index in [1.54, 1.807) is 12.1 Å². The van der Waals surface area contributed by atoms with E-state index in [2.05, 4.69) is 18.7 Å². The number of phenolic OH excluding ortho intramolecular Hbond substituents is 2. The van der Waals surface area contributed by atoms with Gasteiger partial charge >= 0.3 is 0 Å². The second kappa shape index (κ2) is 5.80. The molecule has 106 valence electrons. The molecule has 0 saturated carbocycles. The lowest BCUT2D eigenvalue weighted by molar-refractivity contribution is 0.0560. The summed E-state index contributed by atoms with van der Waals surface area (Å²) >= 11 is 0. The largest absolute Gasteiger partial charge is 0.508 e. The normalized spacial score (nSPS) is 26.3. The van der Waals surface area contributed by atoms with Crippen LogP contribution in [0.2, 0.25) is 0 Å². The van der Waals surface area contributed by atoms with Crippen LogP contribution in [0.3, 0.4) is 0 Å². The van der Waals surface area contributed by atoms with E-state index in [4.69, 9.17) is 5.73 Å². The van der Waals surface area contributed by atoms with Gasteiger partial charge in [0.15, 0.2) is 0 Å². The first-order valence-electron chi connectivity index (χ1n) is 7.04. The van der Waals surface area contributed by atoms with E-state index in [-0.39, 0.29) is 17.5 Å². The van der Waals surface area contributed by atoms with E-state index in [1.807, 2.05) is 0 Å². The Balaban J connectivity index is 2.27. The highest BCUT2D eigenvalue weighted by atomic mass is 16.3. The Hall–Kier alpha value is -1.26. The summed E-state index contributed by atoms with van der Waals surface area (Å²) in [6, 6.07) is 5.75. The fraction of sp³-hybridized carbons (Fsp3) is 0.600. The predicted molar refractivity (Wildman–Crippen MR) is 76.2 cm³/mol. The lowest BCUT2D eigenvalue weighted by atomic mass is 9.92. The number of rotatable bonds is 3. The molecule has 3 atom stereocenters. The third-order valence-electron chi connectivity index (χ3n) is 4.27. The molecule has 0 bridgehead atoms. The number of piperidine rings is 1. The molecule has 4 nitrogen and oxygen atoms in total. The number of nitrogens with zero attached hydrogens (tertiary/aromatic N) is 1. The molecule has 0 radical (unpaired) electrons. The van der Waals surface area contributed by atoms with Crippen molar-refractivity contribution in [2.75, 3.05) is 6.54 Å². The number of likely N-dealkylation sites (tertiary alicyclic amines) is 1. The number of nitrogens with two attached hydrogens (primary N) is 1. The van der Waals surface area contributed by atoms with Crippen LogP contribution in [0.1, 0.15) is 44.7 Å². The molecule has 1 fully saturated rings. The zero-order valence-corrected chi connectivity index (χ0v) is 11.7. The van der Waals surface area contributed by atoms with Crippen LogP contribution < -0.4 is 5.73 Å². The maximum atomic E-state index is 10.0. The van der Waals surface area contributed by atoms with Gasteiger partial charge in [0.2, 0.25) is 0 Å². The van der Waals surface area contributed by atoms with E-state index in [0.717, 1.165) is 12.0 Å². The van der Waals surface area contributed by atoms with Crippen molar-refractivity contribution in [2.45, 2.75) is 51.2 Å². The average molecular weight is 264 g/mol. The lowest BCUT2D eigenvalue weighted by Gasteiger charge is -2.44. The summed E-state index contributed by atoms with van der Waals surface area (Å²) in [4.78, 5) is 2.40. The molecular formula is C15H24N2O2. The molecule has 4 N–H and O–H groups in total. The maximum absolute atomic E-state index is 10.0. The van der Waals surface area contributed by atoms with Gasteiger partial charge in [-0.2, -0.15) is 0 Å². The second-order valence-corrected chi connectivity index (χ2v) is 5.54. The minimum absolute atomic E-state index is 0.0931. The molecule has 1 aliphatic heterocycles. The van der Waals surface area contributed by atoms with Crippen LogP contribution in [0.15, 0.2) is 18.2 Å². The van der Waals surface area contributed by atoms with Crippen molar-refractivity contribution in [1.82, 2.24) is 4.90 Å². The molecule has 0 spiro atoms. The molecule has 0 aliphatic carbocycles. The van der Waals surface area contributed by atoms with Crippen LogP contribution in [0.4, 0.5) is 0 Å². The summed E-state index contributed by atoms with van der Waals surface area (Å²) in [6.07, 6.45) is 3.50. The van der Waals surface area contributed by atoms with Crippen LogP contribution in [0.5, 0.6) is 11.5 Å². The average Bonchev–Trinajstić information content (AvgIpc) is 2.37. The second-order valence-electron chi connectivity index (χ2n) is 5.54. The third-order valence-corrected chi connectivity index (χ3v) is 4.27. The van der Waals surface area contributed by atoms with Gasteiger partial charge in [0.1, 0.15) is 11.5 Å². The molecule has 4 heteroatoms. The predicted octanol–water partition coefficient (Wildman–Crippen LogP) is 2.36. The summed E-state index contributed by atoms with van der Waals surface area (Å²) in [6.45, 7) is 4.96. The van der Waals surface area contributed by atoms with Gasteiger partial charge in [-0.05, 0) is 32.8 Å². The molecule has 1 heterocycles. The third kappa shape index (κ3) is 2.85. The Kier molecular flexibility index (Phi) is 4.32. The van der Waals surface area contributed by atoms with Gasteiger partial charge in [0.05, 0.1) is 0 Å². The number of hydrogen-bond donors (Lipinski definition) is 3. The van der Waals surface area contributed by atoms with Gasteiger partial charge < -0.3 is 15.9 Å². The number of phenols is 2. The van der Waals surface area contributed by atoms with Gasteiger partial charge in [-0.1, -0.05) is 12.5 Å². The summed E-state index contributed by atoms with van der Waals surface area (Å²) < 4.78 is 0. The van der Waals surface area contributed by atoms with Crippen LogP contribution >= 0.6 is 0 Å². The number of aromatic hydroxyl groups is 2. The van der Waals surface area contributed by atoms with Gasteiger partial charge in [0.25, 0.3) is 0 Å². The van der Waals surface area contributed by atoms with Crippen molar-refractivity contribution in [3.8, 4) is 11.5 Å². The van der Waals surface area contributed by atoms with E-state index >= 15 is 0 Å². The minimum atomic E-state index is 0.0931. The molecule has 1 saturated heterocycles. The molecule has 2 rings (SSSR count). The first-order valence-corrected chi connectivity index (χ1v) is 7.04. The molecule has 0 aromatic heterocycles. The fourth-order valence-electron chi connectivity index (χ4n) is 3.29. The van der Waals surface area contributed by atoms with E-state index in [1.165, 1.54) is 18.9 Å². The maximum Gasteiger partial charge on any atom is 0.124 e. The Morgan fingerprint density at radius 3 is 2.74 bits per heavy atom. The Morgan fingerprint density at radius 1 is 1.37 bits per heavy atom. The van der Waals surface area contributed by atoms with E-state index < -0.39 is 0 Å². The van der Waals surface area contributed by atoms with Gasteiger partial charge in [-0.3, -0.25) is 4.90 Å². The Morgan fingerprint density at radius 2 is 2.11 bits per heavy atom. The van der Waals surface area contributed by atoms with Crippen molar-refractivity contribution in [2.24, 2.45) is 5.73 Å². The Bertz CT molecular complexity index is 436. The molecule has 1 aromatic carbocycles. The Labute approximate surface area is 114 Å². The highest BCUT2D eigenvalue weighted by Crippen LogP contribution is 2.36. The zero-order valence-electron chi connectivity index (χ0n) is 11.7. The van der Waals surface area contributed by atoms with Crippen molar-refractivity contribution in [1.29, 1.82) is 0 Å². The summed E-state index contributed by atoms with van der Waals surface area (Å²) in [5, 5.41) is 19.4. The molecule has 3 unspecified atom stereocenters. The monoisotopic (exact) mass is 264 g/mol. The van der Waals surface area contributed by atoms with Gasteiger partial charge in [-0.15, -0.1) is 0 Å². The first kappa shape index (κ1) is 14.2. The SMILES string of the molecule is CC1CCCC(CN)N1C(C)c1ccc(O)cc1O. The van der Waals surface area contributed by atoms with Gasteiger partial charge in [0, 0.05) is 36.3 Å². The summed E-state index contributed by atoms with van der Waals surface area (Å²) in [7, 11) is 0. The molecule has 1 aliphatic rings. The lowest BCUT2D eigenvalue weighted by Crippen LogP contribution is -2.49. The van der Waals surface area contributed by atoms with Crippen molar-refractivity contribution in [3.63, 3.8) is 0 Å². The smallest absolute Gasteiger partial charge is 0.124 e. The first-order chi connectivity index (χ1) is 9.04. The van der Waals surface area contributed by atoms with Gasteiger partial charge in [-0.25, -0.2) is 0 Å². The molecular weight excluding hydrogens is 240 g/mol. The summed E-state index contributed by atoms with van der Waals surface area (Å²) in [5.74, 6) is 0.247. The number of hydrogen-bond acceptors (Lipinski definition) is 4.